The zero-order chi connectivity index (χ0) is 21.3. The Hall–Kier alpha value is -0.546. The summed E-state index contributed by atoms with van der Waals surface area (Å²) < 4.78 is 2.71. The standard InChI is InChI=1S/C19H25Si2.C5H5.C2H4Si.Zr/c1-20(2,3)16-7-9-18-14(12-16)11-15-13-17(21(4,5)6)8-10-19(15)18;1-2-4-5-3-1;1-2-3-1;/h7-13H,1-6H3;1-3H,4H2;1-2H2;. The van der Waals surface area contributed by atoms with Gasteiger partial charge in [-0.3, -0.25) is 0 Å². The van der Waals surface area contributed by atoms with Gasteiger partial charge in [-0.2, -0.15) is 0 Å². The minimum atomic E-state index is -1.73. The van der Waals surface area contributed by atoms with Gasteiger partial charge in [-0.25, -0.2) is 0 Å². The van der Waals surface area contributed by atoms with E-state index in [4.69, 9.17) is 0 Å². The molecule has 1 heterocycles. The van der Waals surface area contributed by atoms with Crippen LogP contribution in [0.25, 0.3) is 11.1 Å². The summed E-state index contributed by atoms with van der Waals surface area (Å²) in [4.78, 5) is 0. The van der Waals surface area contributed by atoms with Gasteiger partial charge in [-0.05, 0) is 0 Å². The van der Waals surface area contributed by atoms with Crippen LogP contribution in [-0.2, 0) is 20.4 Å². The Labute approximate surface area is 192 Å². The average Bonchev–Trinajstić information content (AvgIpc) is 3.26. The van der Waals surface area contributed by atoms with Crippen molar-refractivity contribution in [2.45, 2.75) is 61.4 Å². The molecular formula is C26H34Si3Zr. The van der Waals surface area contributed by atoms with Crippen LogP contribution in [0.1, 0.15) is 21.2 Å². The number of benzene rings is 2. The second-order valence-electron chi connectivity index (χ2n) is 11.4. The first kappa shape index (κ1) is 21.3. The zero-order valence-corrected chi connectivity index (χ0v) is 24.9. The van der Waals surface area contributed by atoms with Gasteiger partial charge >= 0.3 is 194 Å². The van der Waals surface area contributed by atoms with E-state index in [-0.39, 0.29) is 5.43 Å². The summed E-state index contributed by atoms with van der Waals surface area (Å²) in [7, 11) is -2.64. The Kier molecular flexibility index (Phi) is 5.33. The Morgan fingerprint density at radius 3 is 1.73 bits per heavy atom. The predicted molar refractivity (Wildman–Crippen MR) is 137 cm³/mol. The van der Waals surface area contributed by atoms with Gasteiger partial charge in [0.1, 0.15) is 0 Å². The molecular weight excluding hydrogens is 488 g/mol. The van der Waals surface area contributed by atoms with Crippen LogP contribution < -0.4 is 10.4 Å². The molecule has 0 bridgehead atoms. The van der Waals surface area contributed by atoms with E-state index in [0.717, 1.165) is 3.63 Å². The van der Waals surface area contributed by atoms with Crippen molar-refractivity contribution >= 4 is 32.0 Å². The Morgan fingerprint density at radius 1 is 0.800 bits per heavy atom. The van der Waals surface area contributed by atoms with Crippen LogP contribution >= 0.6 is 0 Å². The van der Waals surface area contributed by atoms with E-state index in [0.29, 0.717) is 0 Å². The van der Waals surface area contributed by atoms with Gasteiger partial charge in [0, 0.05) is 0 Å². The summed E-state index contributed by atoms with van der Waals surface area (Å²) >= 11 is -1.73. The van der Waals surface area contributed by atoms with Crippen LogP contribution in [0.2, 0.25) is 51.4 Å². The monoisotopic (exact) mass is 520 g/mol. The zero-order valence-electron chi connectivity index (χ0n) is 19.4. The number of hydrogen-bond acceptors (Lipinski definition) is 0. The van der Waals surface area contributed by atoms with Crippen molar-refractivity contribution in [3.05, 3.63) is 69.0 Å². The molecule has 4 heteroatoms. The molecule has 0 spiro atoms. The molecule has 0 nitrogen and oxygen atoms in total. The van der Waals surface area contributed by atoms with Crippen molar-refractivity contribution in [3.63, 3.8) is 0 Å². The van der Waals surface area contributed by atoms with E-state index < -0.39 is 36.5 Å². The molecule has 0 aromatic heterocycles. The third kappa shape index (κ3) is 3.76. The molecule has 0 amide bonds. The maximum atomic E-state index is 2.69. The molecule has 0 unspecified atom stereocenters. The van der Waals surface area contributed by atoms with Crippen molar-refractivity contribution in [2.24, 2.45) is 0 Å². The van der Waals surface area contributed by atoms with Gasteiger partial charge in [0.2, 0.25) is 0 Å². The molecule has 0 N–H and O–H groups in total. The molecule has 5 rings (SSSR count). The van der Waals surface area contributed by atoms with Crippen LogP contribution in [0.3, 0.4) is 0 Å². The fourth-order valence-electron chi connectivity index (χ4n) is 5.10. The summed E-state index contributed by atoms with van der Waals surface area (Å²) in [6, 6.07) is 18.5. The number of hydrogen-bond donors (Lipinski definition) is 0. The van der Waals surface area contributed by atoms with Gasteiger partial charge in [-0.1, -0.05) is 0 Å². The summed E-state index contributed by atoms with van der Waals surface area (Å²) in [5, 5.41) is 3.30. The number of allylic oxidation sites excluding steroid dienone is 4. The molecule has 0 radical (unpaired) electrons. The van der Waals surface area contributed by atoms with Crippen molar-refractivity contribution in [1.82, 2.24) is 0 Å². The van der Waals surface area contributed by atoms with Crippen LogP contribution in [0.5, 0.6) is 0 Å². The van der Waals surface area contributed by atoms with E-state index in [1.54, 1.807) is 44.7 Å². The quantitative estimate of drug-likeness (QED) is 0.413. The topological polar surface area (TPSA) is 0 Å². The second kappa shape index (κ2) is 7.51. The van der Waals surface area contributed by atoms with Crippen LogP contribution in [0.15, 0.2) is 57.9 Å². The molecule has 30 heavy (non-hydrogen) atoms. The molecule has 0 atom stereocenters. The van der Waals surface area contributed by atoms with Crippen LogP contribution in [-0.4, -0.2) is 21.6 Å². The number of fused-ring (bicyclic) bond motifs is 3. The fraction of sp³-hybridized carbons (Fsp3) is 0.385. The van der Waals surface area contributed by atoms with Gasteiger partial charge < -0.3 is 0 Å². The Morgan fingerprint density at radius 2 is 1.33 bits per heavy atom. The van der Waals surface area contributed by atoms with E-state index in [1.807, 2.05) is 3.28 Å². The van der Waals surface area contributed by atoms with Gasteiger partial charge in [0.05, 0.1) is 0 Å². The fourth-order valence-corrected chi connectivity index (χ4v) is 30.5. The molecule has 1 fully saturated rings. The molecule has 2 aromatic rings. The molecule has 2 aromatic carbocycles. The first-order valence-corrected chi connectivity index (χ1v) is 26.8. The summed E-state index contributed by atoms with van der Waals surface area (Å²) in [5.74, 6) is 0. The van der Waals surface area contributed by atoms with Gasteiger partial charge in [0.25, 0.3) is 0 Å². The Balaban J connectivity index is 1.76. The van der Waals surface area contributed by atoms with E-state index in [9.17, 15) is 0 Å². The Bertz CT molecular complexity index is 1070. The van der Waals surface area contributed by atoms with Crippen molar-refractivity contribution < 1.29 is 20.4 Å². The van der Waals surface area contributed by atoms with Crippen LogP contribution in [0.4, 0.5) is 0 Å². The first-order valence-electron chi connectivity index (χ1n) is 11.5. The van der Waals surface area contributed by atoms with Crippen molar-refractivity contribution in [1.29, 1.82) is 0 Å². The minimum absolute atomic E-state index is 0.0565. The summed E-state index contributed by atoms with van der Waals surface area (Å²) in [6.45, 7) is 15.0. The number of rotatable bonds is 4. The first-order chi connectivity index (χ1) is 14.1. The normalized spacial score (nSPS) is 17.8. The maximum absolute atomic E-state index is 2.69. The van der Waals surface area contributed by atoms with Crippen LogP contribution in [0, 0.1) is 0 Å². The van der Waals surface area contributed by atoms with E-state index >= 15 is 0 Å². The van der Waals surface area contributed by atoms with Crippen molar-refractivity contribution in [3.8, 4) is 11.1 Å². The molecule has 0 saturated carbocycles. The summed E-state index contributed by atoms with van der Waals surface area (Å²) in [5.41, 5.74) is 6.58. The predicted octanol–water partition coefficient (Wildman–Crippen LogP) is 6.31. The van der Waals surface area contributed by atoms with E-state index in [2.05, 4.69) is 93.9 Å². The molecule has 154 valence electrons. The third-order valence-corrected chi connectivity index (χ3v) is 31.4. The molecule has 1 saturated heterocycles. The molecule has 2 aliphatic carbocycles. The van der Waals surface area contributed by atoms with Crippen molar-refractivity contribution in [2.75, 3.05) is 0 Å². The molecule has 1 aliphatic heterocycles. The van der Waals surface area contributed by atoms with Gasteiger partial charge in [0.15, 0.2) is 0 Å². The van der Waals surface area contributed by atoms with E-state index in [1.165, 1.54) is 6.42 Å². The molecule has 3 aliphatic rings. The SMILES string of the molecule is C[Si](C)(C)c1ccc2c(c1)[CH]([Zr]([C]1=CC=CC1)=[Si]1CC1)c1cc([Si](C)(C)C)ccc1-2. The van der Waals surface area contributed by atoms with Gasteiger partial charge in [-0.15, -0.1) is 0 Å². The summed E-state index contributed by atoms with van der Waals surface area (Å²) in [6.07, 6.45) is 8.60. The second-order valence-corrected chi connectivity index (χ2v) is 37.2. The third-order valence-electron chi connectivity index (χ3n) is 7.03. The average molecular weight is 522 g/mol.